The first-order chi connectivity index (χ1) is 12.6. The lowest BCUT2D eigenvalue weighted by atomic mass is 9.83. The van der Waals surface area contributed by atoms with Crippen LogP contribution in [0.25, 0.3) is 6.08 Å². The van der Waals surface area contributed by atoms with Gasteiger partial charge in [0.2, 0.25) is 0 Å². The minimum atomic E-state index is -0.542. The molecule has 0 bridgehead atoms. The van der Waals surface area contributed by atoms with Gasteiger partial charge in [0.15, 0.2) is 0 Å². The van der Waals surface area contributed by atoms with Crippen molar-refractivity contribution in [1.82, 2.24) is 0 Å². The first kappa shape index (κ1) is 19.4. The zero-order valence-corrected chi connectivity index (χ0v) is 15.1. The molecule has 2 rings (SSSR count). The Morgan fingerprint density at radius 1 is 0.923 bits per heavy atom. The lowest BCUT2D eigenvalue weighted by molar-refractivity contribution is -0.147. The van der Waals surface area contributed by atoms with Crippen molar-refractivity contribution in [1.29, 1.82) is 0 Å². The third kappa shape index (κ3) is 5.88. The second-order valence-corrected chi connectivity index (χ2v) is 6.05. The molecule has 4 nitrogen and oxygen atoms in total. The topological polar surface area (TPSA) is 52.6 Å². The summed E-state index contributed by atoms with van der Waals surface area (Å²) < 4.78 is 9.82. The lowest BCUT2D eigenvalue weighted by Crippen LogP contribution is -2.27. The Hall–Kier alpha value is -2.88. The standard InChI is InChI=1S/C22H24O4/c1-25-21(23)16-19(15-18-11-7-4-8-12-18)20(22(24)26-2)14-13-17-9-5-3-6-10-17/h3-14,19-20H,15-16H2,1-2H3/b14-13+. The second kappa shape index (κ2) is 10.2. The van der Waals surface area contributed by atoms with Gasteiger partial charge in [0.05, 0.1) is 20.1 Å². The van der Waals surface area contributed by atoms with Crippen LogP contribution in [-0.2, 0) is 25.5 Å². The summed E-state index contributed by atoms with van der Waals surface area (Å²) in [5.41, 5.74) is 2.04. The number of hydrogen-bond donors (Lipinski definition) is 0. The minimum Gasteiger partial charge on any atom is -0.469 e. The number of ether oxygens (including phenoxy) is 2. The van der Waals surface area contributed by atoms with Crippen molar-refractivity contribution < 1.29 is 19.1 Å². The maximum absolute atomic E-state index is 12.4. The Morgan fingerprint density at radius 2 is 1.54 bits per heavy atom. The SMILES string of the molecule is COC(=O)CC(Cc1ccccc1)C(/C=C/c1ccccc1)C(=O)OC. The zero-order chi connectivity index (χ0) is 18.8. The number of rotatable bonds is 8. The van der Waals surface area contributed by atoms with E-state index in [-0.39, 0.29) is 24.3 Å². The molecule has 0 saturated heterocycles. The first-order valence-electron chi connectivity index (χ1n) is 8.56. The molecule has 0 heterocycles. The van der Waals surface area contributed by atoms with Crippen LogP contribution in [0, 0.1) is 11.8 Å². The van der Waals surface area contributed by atoms with Crippen LogP contribution in [0.1, 0.15) is 17.5 Å². The molecule has 0 amide bonds. The average molecular weight is 352 g/mol. The largest absolute Gasteiger partial charge is 0.469 e. The third-order valence-electron chi connectivity index (χ3n) is 4.27. The van der Waals surface area contributed by atoms with Gasteiger partial charge in [-0.2, -0.15) is 0 Å². The third-order valence-corrected chi connectivity index (χ3v) is 4.27. The first-order valence-corrected chi connectivity index (χ1v) is 8.56. The summed E-state index contributed by atoms with van der Waals surface area (Å²) in [6.45, 7) is 0. The normalized spacial score (nSPS) is 13.2. The Kier molecular flexibility index (Phi) is 7.62. The minimum absolute atomic E-state index is 0.143. The van der Waals surface area contributed by atoms with Gasteiger partial charge >= 0.3 is 11.9 Å². The maximum atomic E-state index is 12.4. The van der Waals surface area contributed by atoms with Gasteiger partial charge < -0.3 is 9.47 Å². The highest BCUT2D eigenvalue weighted by Gasteiger charge is 2.29. The molecule has 0 aliphatic rings. The summed E-state index contributed by atoms with van der Waals surface area (Å²) >= 11 is 0. The van der Waals surface area contributed by atoms with Crippen LogP contribution in [-0.4, -0.2) is 26.2 Å². The highest BCUT2D eigenvalue weighted by atomic mass is 16.5. The number of methoxy groups -OCH3 is 2. The summed E-state index contributed by atoms with van der Waals surface area (Å²) in [5, 5.41) is 0. The molecular weight excluding hydrogens is 328 g/mol. The summed E-state index contributed by atoms with van der Waals surface area (Å²) in [6.07, 6.45) is 4.42. The Balaban J connectivity index is 2.28. The van der Waals surface area contributed by atoms with Crippen molar-refractivity contribution >= 4 is 18.0 Å². The lowest BCUT2D eigenvalue weighted by Gasteiger charge is -2.22. The van der Waals surface area contributed by atoms with E-state index in [9.17, 15) is 9.59 Å². The van der Waals surface area contributed by atoms with Gasteiger partial charge in [-0.1, -0.05) is 72.8 Å². The highest BCUT2D eigenvalue weighted by molar-refractivity contribution is 5.78. The van der Waals surface area contributed by atoms with Crippen LogP contribution in [0.4, 0.5) is 0 Å². The zero-order valence-electron chi connectivity index (χ0n) is 15.1. The van der Waals surface area contributed by atoms with E-state index in [1.807, 2.05) is 72.8 Å². The molecule has 136 valence electrons. The van der Waals surface area contributed by atoms with E-state index in [0.29, 0.717) is 6.42 Å². The molecular formula is C22H24O4. The molecule has 4 heteroatoms. The molecule has 2 unspecified atom stereocenters. The molecule has 0 spiro atoms. The molecule has 2 aromatic rings. The van der Waals surface area contributed by atoms with Gasteiger partial charge in [-0.15, -0.1) is 0 Å². The fourth-order valence-corrected chi connectivity index (χ4v) is 2.88. The molecule has 0 fully saturated rings. The Labute approximate surface area is 154 Å². The van der Waals surface area contributed by atoms with Crippen molar-refractivity contribution in [2.45, 2.75) is 12.8 Å². The Morgan fingerprint density at radius 3 is 2.12 bits per heavy atom. The van der Waals surface area contributed by atoms with Gasteiger partial charge in [-0.25, -0.2) is 0 Å². The van der Waals surface area contributed by atoms with Gasteiger partial charge in [0, 0.05) is 6.42 Å². The van der Waals surface area contributed by atoms with Gasteiger partial charge in [0.25, 0.3) is 0 Å². The molecule has 0 N–H and O–H groups in total. The van der Waals surface area contributed by atoms with E-state index in [2.05, 4.69) is 0 Å². The molecule has 0 saturated carbocycles. The van der Waals surface area contributed by atoms with E-state index in [4.69, 9.17) is 9.47 Å². The van der Waals surface area contributed by atoms with Crippen LogP contribution >= 0.6 is 0 Å². The van der Waals surface area contributed by atoms with Crippen LogP contribution in [0.5, 0.6) is 0 Å². The summed E-state index contributed by atoms with van der Waals surface area (Å²) in [6, 6.07) is 19.5. The van der Waals surface area contributed by atoms with E-state index in [0.717, 1.165) is 11.1 Å². The highest BCUT2D eigenvalue weighted by Crippen LogP contribution is 2.25. The van der Waals surface area contributed by atoms with E-state index < -0.39 is 5.92 Å². The quantitative estimate of drug-likeness (QED) is 0.676. The van der Waals surface area contributed by atoms with Gasteiger partial charge in [0.1, 0.15) is 0 Å². The predicted octanol–water partition coefficient (Wildman–Crippen LogP) is 3.91. The number of benzene rings is 2. The van der Waals surface area contributed by atoms with Crippen molar-refractivity contribution in [3.05, 3.63) is 77.9 Å². The number of esters is 2. The van der Waals surface area contributed by atoms with Crippen LogP contribution < -0.4 is 0 Å². The summed E-state index contributed by atoms with van der Waals surface area (Å²) in [5.74, 6) is -1.49. The van der Waals surface area contributed by atoms with Crippen LogP contribution in [0.15, 0.2) is 66.7 Å². The molecule has 0 radical (unpaired) electrons. The van der Waals surface area contributed by atoms with E-state index in [1.54, 1.807) is 0 Å². The number of hydrogen-bond acceptors (Lipinski definition) is 4. The van der Waals surface area contributed by atoms with E-state index in [1.165, 1.54) is 14.2 Å². The fraction of sp³-hybridized carbons (Fsp3) is 0.273. The molecule has 0 aliphatic carbocycles. The van der Waals surface area contributed by atoms with Crippen LogP contribution in [0.2, 0.25) is 0 Å². The van der Waals surface area contributed by atoms with Gasteiger partial charge in [-0.05, 0) is 23.5 Å². The van der Waals surface area contributed by atoms with Gasteiger partial charge in [-0.3, -0.25) is 9.59 Å². The average Bonchev–Trinajstić information content (AvgIpc) is 2.69. The molecule has 2 atom stereocenters. The van der Waals surface area contributed by atoms with Crippen molar-refractivity contribution in [3.63, 3.8) is 0 Å². The molecule has 2 aromatic carbocycles. The summed E-state index contributed by atoms with van der Waals surface area (Å²) in [4.78, 5) is 24.3. The molecule has 0 aromatic heterocycles. The van der Waals surface area contributed by atoms with Crippen LogP contribution in [0.3, 0.4) is 0 Å². The summed E-state index contributed by atoms with van der Waals surface area (Å²) in [7, 11) is 2.72. The van der Waals surface area contributed by atoms with Crippen molar-refractivity contribution in [3.8, 4) is 0 Å². The Bertz CT molecular complexity index is 722. The monoisotopic (exact) mass is 352 g/mol. The maximum Gasteiger partial charge on any atom is 0.312 e. The van der Waals surface area contributed by atoms with Crippen molar-refractivity contribution in [2.24, 2.45) is 11.8 Å². The smallest absolute Gasteiger partial charge is 0.312 e. The predicted molar refractivity (Wildman–Crippen MR) is 101 cm³/mol. The molecule has 26 heavy (non-hydrogen) atoms. The van der Waals surface area contributed by atoms with Crippen molar-refractivity contribution in [2.75, 3.05) is 14.2 Å². The number of carbonyl (C=O) groups is 2. The number of carbonyl (C=O) groups excluding carboxylic acids is 2. The molecule has 0 aliphatic heterocycles. The van der Waals surface area contributed by atoms with E-state index >= 15 is 0 Å². The fourth-order valence-electron chi connectivity index (χ4n) is 2.88. The second-order valence-electron chi connectivity index (χ2n) is 6.05.